The molecule has 1 N–H and O–H groups in total. The maximum Gasteiger partial charge on any atom is 0.255 e. The van der Waals surface area contributed by atoms with E-state index in [9.17, 15) is 4.79 Å². The lowest BCUT2D eigenvalue weighted by Gasteiger charge is -2.31. The first-order valence-corrected chi connectivity index (χ1v) is 8.81. The predicted molar refractivity (Wildman–Crippen MR) is 88.9 cm³/mol. The van der Waals surface area contributed by atoms with Crippen LogP contribution in [-0.4, -0.2) is 36.0 Å². The molecule has 1 aromatic rings. The number of piperidine rings is 1. The molecule has 0 spiro atoms. The van der Waals surface area contributed by atoms with Gasteiger partial charge in [0.25, 0.3) is 5.91 Å². The Morgan fingerprint density at radius 2 is 2.14 bits per heavy atom. The molecule has 1 atom stereocenters. The third-order valence-corrected chi connectivity index (χ3v) is 5.16. The van der Waals surface area contributed by atoms with Crippen LogP contribution in [0, 0.1) is 0 Å². The highest BCUT2D eigenvalue weighted by molar-refractivity contribution is 9.10. The summed E-state index contributed by atoms with van der Waals surface area (Å²) in [5.41, 5.74) is 0.671. The molecule has 0 aromatic heterocycles. The monoisotopic (exact) mass is 370 g/mol. The lowest BCUT2D eigenvalue weighted by atomic mass is 10.0. The van der Waals surface area contributed by atoms with Gasteiger partial charge in [0.1, 0.15) is 0 Å². The summed E-state index contributed by atoms with van der Waals surface area (Å²) >= 11 is 9.52. The van der Waals surface area contributed by atoms with Crippen LogP contribution < -0.4 is 5.32 Å². The molecule has 1 aromatic carbocycles. The van der Waals surface area contributed by atoms with Crippen molar-refractivity contribution in [2.75, 3.05) is 13.1 Å². The second-order valence-electron chi connectivity index (χ2n) is 5.96. The van der Waals surface area contributed by atoms with Gasteiger partial charge in [-0.15, -0.1) is 0 Å². The third-order valence-electron chi connectivity index (χ3n) is 4.24. The molecule has 2 fully saturated rings. The fourth-order valence-corrected chi connectivity index (χ4v) is 3.51. The van der Waals surface area contributed by atoms with Crippen molar-refractivity contribution >= 4 is 33.4 Å². The molecule has 2 aliphatic rings. The Bertz CT molecular complexity index is 527. The van der Waals surface area contributed by atoms with Crippen molar-refractivity contribution in [2.24, 2.45) is 0 Å². The number of amides is 1. The minimum Gasteiger partial charge on any atom is -0.334 e. The van der Waals surface area contributed by atoms with Gasteiger partial charge in [-0.2, -0.15) is 0 Å². The predicted octanol–water partition coefficient (Wildman–Crippen LogP) is 3.85. The average Bonchev–Trinajstić information content (AvgIpc) is 3.32. The summed E-state index contributed by atoms with van der Waals surface area (Å²) in [7, 11) is 0. The van der Waals surface area contributed by atoms with Crippen LogP contribution >= 0.6 is 27.5 Å². The molecule has 1 aliphatic heterocycles. The van der Waals surface area contributed by atoms with E-state index in [0.717, 1.165) is 36.8 Å². The van der Waals surface area contributed by atoms with Gasteiger partial charge < -0.3 is 10.2 Å². The number of hydrogen-bond acceptors (Lipinski definition) is 2. The van der Waals surface area contributed by atoms with Gasteiger partial charge in [-0.05, 0) is 66.4 Å². The lowest BCUT2D eigenvalue weighted by molar-refractivity contribution is 0.0717. The highest BCUT2D eigenvalue weighted by Crippen LogP contribution is 2.31. The van der Waals surface area contributed by atoms with Crippen molar-refractivity contribution in [3.8, 4) is 0 Å². The first-order chi connectivity index (χ1) is 10.1. The van der Waals surface area contributed by atoms with Crippen molar-refractivity contribution in [1.82, 2.24) is 10.2 Å². The molecular weight excluding hydrogens is 352 g/mol. The fraction of sp³-hybridized carbons (Fsp3) is 0.562. The minimum atomic E-state index is 0.0965. The maximum absolute atomic E-state index is 12.9. The fourth-order valence-electron chi connectivity index (χ4n) is 2.92. The van der Waals surface area contributed by atoms with E-state index >= 15 is 0 Å². The molecule has 0 radical (unpaired) electrons. The minimum absolute atomic E-state index is 0.0965. The highest BCUT2D eigenvalue weighted by atomic mass is 79.9. The van der Waals surface area contributed by atoms with Crippen molar-refractivity contribution in [1.29, 1.82) is 0 Å². The largest absolute Gasteiger partial charge is 0.334 e. The third kappa shape index (κ3) is 3.79. The second-order valence-corrected chi connectivity index (χ2v) is 7.25. The van der Waals surface area contributed by atoms with Gasteiger partial charge in [-0.3, -0.25) is 4.79 Å². The van der Waals surface area contributed by atoms with E-state index in [1.165, 1.54) is 12.8 Å². The van der Waals surface area contributed by atoms with Gasteiger partial charge >= 0.3 is 0 Å². The van der Waals surface area contributed by atoms with Gasteiger partial charge in [-0.1, -0.05) is 18.0 Å². The smallest absolute Gasteiger partial charge is 0.255 e. The van der Waals surface area contributed by atoms with E-state index in [1.54, 1.807) is 12.1 Å². The number of nitrogens with zero attached hydrogens (tertiary/aromatic N) is 1. The van der Waals surface area contributed by atoms with Crippen LogP contribution in [0.5, 0.6) is 0 Å². The first kappa shape index (κ1) is 15.3. The number of benzene rings is 1. The molecule has 0 bridgehead atoms. The Balaban J connectivity index is 1.76. The van der Waals surface area contributed by atoms with Crippen molar-refractivity contribution < 1.29 is 4.79 Å². The summed E-state index contributed by atoms with van der Waals surface area (Å²) in [6.07, 6.45) is 5.90. The Kier molecular flexibility index (Phi) is 4.87. The topological polar surface area (TPSA) is 32.3 Å². The molecule has 1 heterocycles. The van der Waals surface area contributed by atoms with E-state index in [4.69, 9.17) is 11.6 Å². The summed E-state index contributed by atoms with van der Waals surface area (Å²) in [4.78, 5) is 14.9. The van der Waals surface area contributed by atoms with Crippen LogP contribution in [0.2, 0.25) is 5.02 Å². The van der Waals surface area contributed by atoms with Crippen LogP contribution in [-0.2, 0) is 0 Å². The summed E-state index contributed by atoms with van der Waals surface area (Å²) < 4.78 is 0.819. The number of nitrogens with one attached hydrogen (secondary N) is 1. The molecule has 5 heteroatoms. The lowest BCUT2D eigenvalue weighted by Crippen LogP contribution is -2.46. The molecular formula is C16H20BrClN2O. The zero-order valence-corrected chi connectivity index (χ0v) is 14.3. The highest BCUT2D eigenvalue weighted by Gasteiger charge is 2.35. The van der Waals surface area contributed by atoms with Gasteiger partial charge in [0.15, 0.2) is 0 Å². The SMILES string of the molecule is O=C(c1cc(Cl)ccc1Br)N(CC1CCCCN1)C1CC1. The standard InChI is InChI=1S/C16H20BrClN2O/c17-15-7-4-11(18)9-14(15)16(21)20(13-5-6-13)10-12-3-1-2-8-19-12/h4,7,9,12-13,19H,1-3,5-6,8,10H2. The molecule has 1 saturated carbocycles. The number of halogens is 2. The van der Waals surface area contributed by atoms with Crippen LogP contribution in [0.15, 0.2) is 22.7 Å². The molecule has 3 rings (SSSR count). The molecule has 1 unspecified atom stereocenters. The molecule has 21 heavy (non-hydrogen) atoms. The molecule has 1 amide bonds. The van der Waals surface area contributed by atoms with Crippen LogP contribution in [0.25, 0.3) is 0 Å². The van der Waals surface area contributed by atoms with E-state index in [1.807, 2.05) is 11.0 Å². The Hall–Kier alpha value is -0.580. The molecule has 1 aliphatic carbocycles. The van der Waals surface area contributed by atoms with E-state index in [2.05, 4.69) is 21.2 Å². The van der Waals surface area contributed by atoms with E-state index < -0.39 is 0 Å². The normalized spacial score (nSPS) is 22.1. The Labute approximate surface area is 139 Å². The summed E-state index contributed by atoms with van der Waals surface area (Å²) in [5, 5.41) is 4.14. The van der Waals surface area contributed by atoms with Crippen LogP contribution in [0.4, 0.5) is 0 Å². The summed E-state index contributed by atoms with van der Waals surface area (Å²) in [5.74, 6) is 0.0965. The van der Waals surface area contributed by atoms with E-state index in [0.29, 0.717) is 22.7 Å². The average molecular weight is 372 g/mol. The van der Waals surface area contributed by atoms with Gasteiger partial charge in [-0.25, -0.2) is 0 Å². The van der Waals surface area contributed by atoms with Gasteiger partial charge in [0, 0.05) is 28.1 Å². The van der Waals surface area contributed by atoms with Gasteiger partial charge in [0.05, 0.1) is 5.56 Å². The number of carbonyl (C=O) groups is 1. The van der Waals surface area contributed by atoms with Crippen molar-refractivity contribution in [2.45, 2.75) is 44.2 Å². The zero-order chi connectivity index (χ0) is 14.8. The van der Waals surface area contributed by atoms with Gasteiger partial charge in [0.2, 0.25) is 0 Å². The number of carbonyl (C=O) groups excluding carboxylic acids is 1. The summed E-state index contributed by atoms with van der Waals surface area (Å²) in [6, 6.07) is 6.25. The number of hydrogen-bond donors (Lipinski definition) is 1. The first-order valence-electron chi connectivity index (χ1n) is 7.64. The van der Waals surface area contributed by atoms with Crippen molar-refractivity contribution in [3.63, 3.8) is 0 Å². The molecule has 114 valence electrons. The second kappa shape index (κ2) is 6.67. The molecule has 3 nitrogen and oxygen atoms in total. The van der Waals surface area contributed by atoms with E-state index in [-0.39, 0.29) is 5.91 Å². The van der Waals surface area contributed by atoms with Crippen molar-refractivity contribution in [3.05, 3.63) is 33.3 Å². The quantitative estimate of drug-likeness (QED) is 0.872. The number of rotatable bonds is 4. The Morgan fingerprint density at radius 1 is 1.33 bits per heavy atom. The van der Waals surface area contributed by atoms with Crippen LogP contribution in [0.1, 0.15) is 42.5 Å². The maximum atomic E-state index is 12.9. The summed E-state index contributed by atoms with van der Waals surface area (Å²) in [6.45, 7) is 1.88. The zero-order valence-electron chi connectivity index (χ0n) is 11.9. The Morgan fingerprint density at radius 3 is 2.81 bits per heavy atom. The van der Waals surface area contributed by atoms with Crippen LogP contribution in [0.3, 0.4) is 0 Å². The molecule has 1 saturated heterocycles.